The van der Waals surface area contributed by atoms with Gasteiger partial charge in [0.1, 0.15) is 52.1 Å². The number of aromatic nitrogens is 8. The van der Waals surface area contributed by atoms with Gasteiger partial charge in [0.2, 0.25) is 10.6 Å². The van der Waals surface area contributed by atoms with Gasteiger partial charge in [-0.2, -0.15) is 0 Å². The lowest BCUT2D eigenvalue weighted by molar-refractivity contribution is 0.0231. The van der Waals surface area contributed by atoms with Crippen molar-refractivity contribution in [1.82, 2.24) is 59.9 Å². The molecule has 0 unspecified atom stereocenters. The summed E-state index contributed by atoms with van der Waals surface area (Å²) in [7, 11) is 11.6. The van der Waals surface area contributed by atoms with Crippen molar-refractivity contribution in [2.45, 2.75) is 131 Å². The zero-order chi connectivity index (χ0) is 51.3. The molecule has 0 aliphatic carbocycles. The highest BCUT2D eigenvalue weighted by molar-refractivity contribution is 6.32. The predicted octanol–water partition coefficient (Wildman–Crippen LogP) is 7.42. The van der Waals surface area contributed by atoms with Crippen molar-refractivity contribution in [3.8, 4) is 0 Å². The summed E-state index contributed by atoms with van der Waals surface area (Å²) < 4.78 is 16.0. The Bertz CT molecular complexity index is 2510. The molecular formula is C45H64Cl3N15O6. The topological polar surface area (TPSA) is 213 Å². The Balaban J connectivity index is 0.000000174. The SMILES string of the molecule is CC(C)(C)OC(=O)N1Cc2nc(Cl)nc(Cl)c2C1.CN(C)c1nc(Cl)nc2c1CN(C(=O)OC(C)(C)C)C2.CN(C)c1ncnc2c1CN(C(=O)OC(C)(C)C)C2.CN(C)c1ncnc2c1CNC2. The Morgan fingerprint density at radius 3 is 1.30 bits per heavy atom. The molecule has 3 amide bonds. The van der Waals surface area contributed by atoms with Gasteiger partial charge in [-0.05, 0) is 85.5 Å². The Kier molecular flexibility index (Phi) is 17.3. The van der Waals surface area contributed by atoms with Crippen LogP contribution in [0.1, 0.15) is 107 Å². The highest BCUT2D eigenvalue weighted by atomic mass is 35.5. The lowest BCUT2D eigenvalue weighted by Crippen LogP contribution is -2.33. The van der Waals surface area contributed by atoms with Crippen molar-refractivity contribution in [2.24, 2.45) is 0 Å². The molecule has 0 aromatic carbocycles. The maximum Gasteiger partial charge on any atom is 0.410 e. The number of carbonyl (C=O) groups excluding carboxylic acids is 3. The molecule has 21 nitrogen and oxygen atoms in total. The van der Waals surface area contributed by atoms with Gasteiger partial charge in [-0.25, -0.2) is 54.3 Å². The van der Waals surface area contributed by atoms with Gasteiger partial charge in [0, 0.05) is 77.6 Å². The van der Waals surface area contributed by atoms with Crippen LogP contribution in [0.25, 0.3) is 0 Å². The van der Waals surface area contributed by atoms with Crippen molar-refractivity contribution in [3.63, 3.8) is 0 Å². The van der Waals surface area contributed by atoms with E-state index in [0.717, 1.165) is 64.3 Å². The molecule has 1 N–H and O–H groups in total. The second-order valence-electron chi connectivity index (χ2n) is 20.0. The first-order valence-corrected chi connectivity index (χ1v) is 23.2. The van der Waals surface area contributed by atoms with Crippen molar-refractivity contribution in [1.29, 1.82) is 0 Å². The van der Waals surface area contributed by atoms with E-state index in [1.165, 1.54) is 16.8 Å². The van der Waals surface area contributed by atoms with Crippen LogP contribution in [0.15, 0.2) is 12.7 Å². The highest BCUT2D eigenvalue weighted by Gasteiger charge is 2.34. The Labute approximate surface area is 419 Å². The van der Waals surface area contributed by atoms with Crippen LogP contribution in [-0.2, 0) is 66.6 Å². The van der Waals surface area contributed by atoms with E-state index in [2.05, 4.69) is 45.2 Å². The molecule has 8 rings (SSSR count). The predicted molar refractivity (Wildman–Crippen MR) is 263 cm³/mol. The van der Waals surface area contributed by atoms with Crippen molar-refractivity contribution in [2.75, 3.05) is 57.0 Å². The first-order valence-electron chi connectivity index (χ1n) is 22.1. The molecule has 24 heteroatoms. The van der Waals surface area contributed by atoms with Gasteiger partial charge in [0.05, 0.1) is 62.0 Å². The number of nitrogens with one attached hydrogen (secondary N) is 1. The summed E-state index contributed by atoms with van der Waals surface area (Å²) in [6.07, 6.45) is 2.10. The summed E-state index contributed by atoms with van der Waals surface area (Å²) in [6, 6.07) is 0. The number of hydrogen-bond donors (Lipinski definition) is 1. The summed E-state index contributed by atoms with van der Waals surface area (Å²) >= 11 is 17.6. The first kappa shape index (κ1) is 54.3. The summed E-state index contributed by atoms with van der Waals surface area (Å²) in [5, 5.41) is 3.82. The third kappa shape index (κ3) is 14.9. The van der Waals surface area contributed by atoms with Crippen LogP contribution in [-0.4, -0.2) is 132 Å². The van der Waals surface area contributed by atoms with Crippen LogP contribution in [0.4, 0.5) is 31.8 Å². The summed E-state index contributed by atoms with van der Waals surface area (Å²) in [4.78, 5) is 79.9. The third-order valence-corrected chi connectivity index (χ3v) is 10.6. The number of anilines is 3. The fourth-order valence-corrected chi connectivity index (χ4v) is 7.80. The van der Waals surface area contributed by atoms with Gasteiger partial charge in [0.15, 0.2) is 0 Å². The van der Waals surface area contributed by atoms with Gasteiger partial charge in [-0.15, -0.1) is 0 Å². The van der Waals surface area contributed by atoms with E-state index in [1.54, 1.807) is 16.1 Å². The Morgan fingerprint density at radius 1 is 0.478 bits per heavy atom. The summed E-state index contributed by atoms with van der Waals surface area (Å²) in [5.74, 6) is 2.63. The summed E-state index contributed by atoms with van der Waals surface area (Å²) in [6.45, 7) is 20.8. The number of hydrogen-bond acceptors (Lipinski definition) is 18. The number of fused-ring (bicyclic) bond motifs is 4. The molecule has 0 saturated carbocycles. The number of rotatable bonds is 3. The second kappa shape index (κ2) is 22.0. The van der Waals surface area contributed by atoms with Crippen LogP contribution < -0.4 is 20.0 Å². The highest BCUT2D eigenvalue weighted by Crippen LogP contribution is 2.32. The third-order valence-electron chi connectivity index (χ3n) is 9.97. The van der Waals surface area contributed by atoms with Gasteiger partial charge >= 0.3 is 18.3 Å². The van der Waals surface area contributed by atoms with E-state index in [1.807, 2.05) is 119 Å². The van der Waals surface area contributed by atoms with Crippen molar-refractivity contribution in [3.05, 3.63) is 73.4 Å². The van der Waals surface area contributed by atoms with Crippen molar-refractivity contribution >= 4 is 70.5 Å². The van der Waals surface area contributed by atoms with E-state index in [9.17, 15) is 14.4 Å². The number of nitrogens with zero attached hydrogens (tertiary/aromatic N) is 14. The molecule has 4 aliphatic rings. The number of amides is 3. The molecular weight excluding hydrogens is 953 g/mol. The van der Waals surface area contributed by atoms with E-state index >= 15 is 0 Å². The van der Waals surface area contributed by atoms with Crippen LogP contribution >= 0.6 is 34.8 Å². The van der Waals surface area contributed by atoms with Crippen LogP contribution in [0, 0.1) is 0 Å². The minimum absolute atomic E-state index is 0.0878. The minimum atomic E-state index is -0.529. The van der Waals surface area contributed by atoms with Gasteiger partial charge in [-0.1, -0.05) is 11.6 Å². The Hall–Kier alpha value is -5.64. The number of carbonyl (C=O) groups is 3. The molecule has 0 spiro atoms. The molecule has 0 radical (unpaired) electrons. The fourth-order valence-electron chi connectivity index (χ4n) is 7.14. The van der Waals surface area contributed by atoms with Crippen molar-refractivity contribution < 1.29 is 28.6 Å². The number of ether oxygens (including phenoxy) is 3. The molecule has 8 heterocycles. The normalized spacial score (nSPS) is 14.4. The van der Waals surface area contributed by atoms with Gasteiger partial charge in [-0.3, -0.25) is 14.7 Å². The van der Waals surface area contributed by atoms with E-state index < -0.39 is 22.9 Å². The van der Waals surface area contributed by atoms with E-state index in [4.69, 9.17) is 49.0 Å². The van der Waals surface area contributed by atoms with Crippen LogP contribution in [0.3, 0.4) is 0 Å². The van der Waals surface area contributed by atoms with Gasteiger partial charge < -0.3 is 34.2 Å². The molecule has 4 aliphatic heterocycles. The first-order chi connectivity index (χ1) is 32.0. The van der Waals surface area contributed by atoms with E-state index in [-0.39, 0.29) is 27.9 Å². The minimum Gasteiger partial charge on any atom is -0.444 e. The zero-order valence-corrected chi connectivity index (χ0v) is 44.4. The summed E-state index contributed by atoms with van der Waals surface area (Å²) in [5.41, 5.74) is 5.84. The molecule has 0 bridgehead atoms. The largest absolute Gasteiger partial charge is 0.444 e. The molecule has 4 aromatic rings. The standard InChI is InChI=1S/C13H19ClN4O2.C13H20N4O2.C11H13Cl2N3O2.C8H12N4/c1-13(2,3)20-12(19)18-6-8-9(7-18)15-11(14)16-10(8)17(4)5;1-13(2,3)19-12(18)17-6-9-10(7-17)14-8-15-11(9)16(4)5;1-11(2,3)18-10(17)16-4-6-7(5-16)14-9(13)15-8(6)12;1-12(2)8-6-3-9-4-7(6)10-5-11-8/h6-7H2,1-5H3;8H,6-7H2,1-5H3;4-5H2,1-3H3;5,9H,3-4H2,1-2H3. The lowest BCUT2D eigenvalue weighted by atomic mass is 10.2. The van der Waals surface area contributed by atoms with Crippen LogP contribution in [0.2, 0.25) is 15.7 Å². The smallest absolute Gasteiger partial charge is 0.410 e. The van der Waals surface area contributed by atoms with Gasteiger partial charge in [0.25, 0.3) is 0 Å². The molecule has 0 saturated heterocycles. The maximum absolute atomic E-state index is 12.1. The fraction of sp³-hybridized carbons (Fsp3) is 0.578. The molecule has 4 aromatic heterocycles. The molecule has 0 fully saturated rings. The maximum atomic E-state index is 12.1. The molecule has 0 atom stereocenters. The number of halogens is 3. The zero-order valence-electron chi connectivity index (χ0n) is 42.2. The van der Waals surface area contributed by atoms with Crippen LogP contribution in [0.5, 0.6) is 0 Å². The Morgan fingerprint density at radius 2 is 0.855 bits per heavy atom. The average Bonchev–Trinajstić information content (AvgIpc) is 4.04. The second-order valence-corrected chi connectivity index (χ2v) is 21.0. The monoisotopic (exact) mass is 1020 g/mol. The lowest BCUT2D eigenvalue weighted by Gasteiger charge is -2.24. The quantitative estimate of drug-likeness (QED) is 0.120. The average molecular weight is 1020 g/mol. The molecule has 376 valence electrons. The van der Waals surface area contributed by atoms with E-state index in [0.29, 0.717) is 45.0 Å². The molecule has 69 heavy (non-hydrogen) atoms.